The van der Waals surface area contributed by atoms with Crippen LogP contribution < -0.4 is 0 Å². The van der Waals surface area contributed by atoms with Gasteiger partial charge in [0.25, 0.3) is 0 Å². The first kappa shape index (κ1) is 18.0. The van der Waals surface area contributed by atoms with Gasteiger partial charge in [-0.15, -0.1) is 0 Å². The highest BCUT2D eigenvalue weighted by molar-refractivity contribution is 5.89. The zero-order valence-electron chi connectivity index (χ0n) is 15.2. The maximum absolute atomic E-state index is 11.7. The van der Waals surface area contributed by atoms with Gasteiger partial charge in [-0.1, -0.05) is 12.1 Å². The Kier molecular flexibility index (Phi) is 6.25. The molecule has 136 valence electrons. The molecule has 0 aliphatic rings. The predicted octanol–water partition coefficient (Wildman–Crippen LogP) is 3.74. The summed E-state index contributed by atoms with van der Waals surface area (Å²) in [5.74, 6) is -0.259. The normalized spacial score (nSPS) is 10.8. The summed E-state index contributed by atoms with van der Waals surface area (Å²) in [5.41, 5.74) is 3.17. The molecule has 26 heavy (non-hydrogen) atoms. The molecule has 2 heterocycles. The van der Waals surface area contributed by atoms with Gasteiger partial charge in [-0.3, -0.25) is 0 Å². The van der Waals surface area contributed by atoms with Gasteiger partial charge in [0.1, 0.15) is 0 Å². The Balaban J connectivity index is 1.50. The molecule has 0 saturated heterocycles. The van der Waals surface area contributed by atoms with Crippen LogP contribution in [0.15, 0.2) is 61.3 Å². The Labute approximate surface area is 154 Å². The number of nitrogens with zero attached hydrogens (tertiary/aromatic N) is 3. The van der Waals surface area contributed by atoms with Crippen LogP contribution in [-0.2, 0) is 30.7 Å². The molecular formula is C21H25N3O2. The summed E-state index contributed by atoms with van der Waals surface area (Å²) >= 11 is 0. The maximum atomic E-state index is 11.7. The molecular weight excluding hydrogens is 326 g/mol. The van der Waals surface area contributed by atoms with Gasteiger partial charge in [0, 0.05) is 37.4 Å². The highest BCUT2D eigenvalue weighted by Crippen LogP contribution is 2.12. The van der Waals surface area contributed by atoms with E-state index in [-0.39, 0.29) is 5.97 Å². The smallest absolute Gasteiger partial charge is 0.338 e. The van der Waals surface area contributed by atoms with Gasteiger partial charge in [0.05, 0.1) is 18.5 Å². The quantitative estimate of drug-likeness (QED) is 0.552. The molecule has 3 rings (SSSR count). The molecule has 0 N–H and O–H groups in total. The molecule has 0 unspecified atom stereocenters. The maximum Gasteiger partial charge on any atom is 0.338 e. The number of benzene rings is 1. The topological polar surface area (TPSA) is 49.0 Å². The van der Waals surface area contributed by atoms with E-state index in [4.69, 9.17) is 4.74 Å². The SMILES string of the molecule is CCOC(=O)c1ccc(CCc2cccn2CCCn2ccnc2)cc1. The number of hydrogen-bond acceptors (Lipinski definition) is 3. The molecule has 5 heteroatoms. The molecule has 0 fully saturated rings. The van der Waals surface area contributed by atoms with E-state index in [1.165, 1.54) is 11.3 Å². The van der Waals surface area contributed by atoms with Crippen LogP contribution in [0.3, 0.4) is 0 Å². The van der Waals surface area contributed by atoms with Crippen LogP contribution in [0.2, 0.25) is 0 Å². The van der Waals surface area contributed by atoms with E-state index in [1.807, 2.05) is 49.9 Å². The molecule has 0 atom stereocenters. The van der Waals surface area contributed by atoms with Crippen LogP contribution in [0.25, 0.3) is 0 Å². The first-order valence-electron chi connectivity index (χ1n) is 9.12. The molecule has 0 aliphatic heterocycles. The summed E-state index contributed by atoms with van der Waals surface area (Å²) in [6.45, 7) is 4.20. The predicted molar refractivity (Wildman–Crippen MR) is 101 cm³/mol. The number of aromatic nitrogens is 3. The highest BCUT2D eigenvalue weighted by Gasteiger charge is 2.06. The van der Waals surface area contributed by atoms with E-state index >= 15 is 0 Å². The van der Waals surface area contributed by atoms with Crippen molar-refractivity contribution in [3.05, 3.63) is 78.1 Å². The molecule has 0 spiro atoms. The molecule has 2 aromatic heterocycles. The highest BCUT2D eigenvalue weighted by atomic mass is 16.5. The Hall–Kier alpha value is -2.82. The van der Waals surface area contributed by atoms with Crippen LogP contribution in [0.5, 0.6) is 0 Å². The lowest BCUT2D eigenvalue weighted by Gasteiger charge is -2.10. The first-order chi connectivity index (χ1) is 12.8. The average molecular weight is 351 g/mol. The second kappa shape index (κ2) is 9.04. The van der Waals surface area contributed by atoms with Crippen LogP contribution in [0.4, 0.5) is 0 Å². The van der Waals surface area contributed by atoms with Crippen molar-refractivity contribution < 1.29 is 9.53 Å². The van der Waals surface area contributed by atoms with E-state index in [1.54, 1.807) is 0 Å². The second-order valence-electron chi connectivity index (χ2n) is 6.26. The van der Waals surface area contributed by atoms with Crippen LogP contribution in [-0.4, -0.2) is 26.7 Å². The third kappa shape index (κ3) is 4.85. The monoisotopic (exact) mass is 351 g/mol. The van der Waals surface area contributed by atoms with Crippen LogP contribution in [0.1, 0.15) is 35.0 Å². The zero-order valence-corrected chi connectivity index (χ0v) is 15.2. The van der Waals surface area contributed by atoms with Crippen molar-refractivity contribution in [3.8, 4) is 0 Å². The molecule has 3 aromatic rings. The lowest BCUT2D eigenvalue weighted by atomic mass is 10.1. The van der Waals surface area contributed by atoms with Gasteiger partial charge in [0.15, 0.2) is 0 Å². The number of rotatable bonds is 9. The minimum absolute atomic E-state index is 0.259. The zero-order chi connectivity index (χ0) is 18.2. The van der Waals surface area contributed by atoms with E-state index in [9.17, 15) is 4.79 Å². The lowest BCUT2D eigenvalue weighted by Crippen LogP contribution is -2.07. The van der Waals surface area contributed by atoms with Gasteiger partial charge in [-0.05, 0) is 56.0 Å². The number of carbonyl (C=O) groups is 1. The van der Waals surface area contributed by atoms with Crippen molar-refractivity contribution in [2.45, 2.75) is 39.3 Å². The van der Waals surface area contributed by atoms with Gasteiger partial charge >= 0.3 is 5.97 Å². The lowest BCUT2D eigenvalue weighted by molar-refractivity contribution is 0.0526. The standard InChI is InChI=1S/C21H25N3O2/c1-2-26-21(25)19-9-6-18(7-10-19)8-11-20-5-3-14-24(20)15-4-13-23-16-12-22-17-23/h3,5-7,9-10,12,14,16-17H,2,4,8,11,13,15H2,1H3. The second-order valence-corrected chi connectivity index (χ2v) is 6.26. The van der Waals surface area contributed by atoms with Crippen molar-refractivity contribution in [3.63, 3.8) is 0 Å². The Morgan fingerprint density at radius 3 is 2.65 bits per heavy atom. The number of imidazole rings is 1. The number of aryl methyl sites for hydroxylation is 4. The fourth-order valence-corrected chi connectivity index (χ4v) is 3.03. The van der Waals surface area contributed by atoms with E-state index in [0.717, 1.165) is 32.4 Å². The third-order valence-electron chi connectivity index (χ3n) is 4.43. The first-order valence-corrected chi connectivity index (χ1v) is 9.12. The van der Waals surface area contributed by atoms with E-state index in [2.05, 4.69) is 32.4 Å². The summed E-state index contributed by atoms with van der Waals surface area (Å²) < 4.78 is 9.45. The molecule has 0 bridgehead atoms. The van der Waals surface area contributed by atoms with Crippen LogP contribution >= 0.6 is 0 Å². The third-order valence-corrected chi connectivity index (χ3v) is 4.43. The molecule has 0 radical (unpaired) electrons. The van der Waals surface area contributed by atoms with E-state index < -0.39 is 0 Å². The minimum atomic E-state index is -0.259. The number of ether oxygens (including phenoxy) is 1. The van der Waals surface area contributed by atoms with Crippen molar-refractivity contribution >= 4 is 5.97 Å². The summed E-state index contributed by atoms with van der Waals surface area (Å²) in [7, 11) is 0. The largest absolute Gasteiger partial charge is 0.462 e. The number of hydrogen-bond donors (Lipinski definition) is 0. The van der Waals surface area contributed by atoms with Crippen molar-refractivity contribution in [2.24, 2.45) is 0 Å². The van der Waals surface area contributed by atoms with Gasteiger partial charge in [-0.25, -0.2) is 9.78 Å². The average Bonchev–Trinajstić information content (AvgIpc) is 3.33. The summed E-state index contributed by atoms with van der Waals surface area (Å²) in [4.78, 5) is 15.8. The number of esters is 1. The van der Waals surface area contributed by atoms with Gasteiger partial charge in [0.2, 0.25) is 0 Å². The van der Waals surface area contributed by atoms with Gasteiger partial charge < -0.3 is 13.9 Å². The Bertz CT molecular complexity index is 804. The van der Waals surface area contributed by atoms with Crippen molar-refractivity contribution in [1.29, 1.82) is 0 Å². The molecule has 1 aromatic carbocycles. The minimum Gasteiger partial charge on any atom is -0.462 e. The fourth-order valence-electron chi connectivity index (χ4n) is 3.03. The number of carbonyl (C=O) groups excluding carboxylic acids is 1. The summed E-state index contributed by atoms with van der Waals surface area (Å²) in [6.07, 6.45) is 10.8. The van der Waals surface area contributed by atoms with E-state index in [0.29, 0.717) is 12.2 Å². The van der Waals surface area contributed by atoms with Crippen molar-refractivity contribution in [1.82, 2.24) is 14.1 Å². The fraction of sp³-hybridized carbons (Fsp3) is 0.333. The Morgan fingerprint density at radius 1 is 1.08 bits per heavy atom. The summed E-state index contributed by atoms with van der Waals surface area (Å²) in [6, 6.07) is 12.0. The molecule has 0 aliphatic carbocycles. The molecule has 5 nitrogen and oxygen atoms in total. The molecule has 0 amide bonds. The Morgan fingerprint density at radius 2 is 1.92 bits per heavy atom. The summed E-state index contributed by atoms with van der Waals surface area (Å²) in [5, 5.41) is 0. The van der Waals surface area contributed by atoms with Crippen LogP contribution in [0, 0.1) is 0 Å². The molecule has 0 saturated carbocycles. The van der Waals surface area contributed by atoms with Crippen molar-refractivity contribution in [2.75, 3.05) is 6.61 Å². The van der Waals surface area contributed by atoms with Gasteiger partial charge in [-0.2, -0.15) is 0 Å².